The molecule has 2 aliphatic rings. The van der Waals surface area contributed by atoms with Crippen LogP contribution in [0.15, 0.2) is 74.2 Å². The second kappa shape index (κ2) is 9.43. The van der Waals surface area contributed by atoms with E-state index in [1.807, 2.05) is 28.5 Å². The monoisotopic (exact) mass is 534 g/mol. The van der Waals surface area contributed by atoms with Crippen molar-refractivity contribution in [3.05, 3.63) is 65.8 Å². The topological polar surface area (TPSA) is 99.2 Å². The van der Waals surface area contributed by atoms with Gasteiger partial charge in [-0.3, -0.25) is 4.90 Å². The number of hydrogen-bond donors (Lipinski definition) is 1. The highest BCUT2D eigenvalue weighted by molar-refractivity contribution is 7.90. The first kappa shape index (κ1) is 24.1. The van der Waals surface area contributed by atoms with Gasteiger partial charge in [-0.25, -0.2) is 12.8 Å². The average molecular weight is 535 g/mol. The molecular formula is C23H23FN4O4S3. The van der Waals surface area contributed by atoms with Crippen molar-refractivity contribution in [1.29, 1.82) is 0 Å². The summed E-state index contributed by atoms with van der Waals surface area (Å²) >= 11 is 1.53. The van der Waals surface area contributed by atoms with Crippen LogP contribution in [0, 0.1) is 5.82 Å². The van der Waals surface area contributed by atoms with E-state index in [-0.39, 0.29) is 35.3 Å². The molecule has 12 heteroatoms. The van der Waals surface area contributed by atoms with Crippen LogP contribution in [0.1, 0.15) is 6.42 Å². The molecule has 0 saturated carbocycles. The molecule has 5 rings (SSSR count). The van der Waals surface area contributed by atoms with E-state index in [0.29, 0.717) is 25.2 Å². The minimum absolute atomic E-state index is 0.130. The van der Waals surface area contributed by atoms with E-state index in [0.717, 1.165) is 16.5 Å². The molecule has 0 radical (unpaired) electrons. The maximum absolute atomic E-state index is 14.1. The summed E-state index contributed by atoms with van der Waals surface area (Å²) in [5, 5.41) is 5.05. The van der Waals surface area contributed by atoms with Crippen LogP contribution in [-0.2, 0) is 20.0 Å². The average Bonchev–Trinajstić information content (AvgIpc) is 3.25. The van der Waals surface area contributed by atoms with Crippen LogP contribution < -0.4 is 5.32 Å². The highest BCUT2D eigenvalue weighted by Crippen LogP contribution is 2.34. The molecule has 0 atom stereocenters. The lowest BCUT2D eigenvalue weighted by Crippen LogP contribution is -2.39. The predicted octanol–water partition coefficient (Wildman–Crippen LogP) is 3.46. The van der Waals surface area contributed by atoms with Gasteiger partial charge in [0, 0.05) is 24.5 Å². The summed E-state index contributed by atoms with van der Waals surface area (Å²) in [6.45, 7) is 1.54. The number of hydrogen-bond acceptors (Lipinski definition) is 7. The van der Waals surface area contributed by atoms with Crippen LogP contribution >= 0.6 is 11.3 Å². The summed E-state index contributed by atoms with van der Waals surface area (Å²) in [5.41, 5.74) is 1.28. The van der Waals surface area contributed by atoms with Crippen molar-refractivity contribution in [3.8, 4) is 10.4 Å². The summed E-state index contributed by atoms with van der Waals surface area (Å²) in [6, 6.07) is 14.4. The van der Waals surface area contributed by atoms with Gasteiger partial charge in [-0.15, -0.1) is 15.7 Å². The summed E-state index contributed by atoms with van der Waals surface area (Å²) in [4.78, 5) is 2.71. The minimum atomic E-state index is -3.96. The standard InChI is InChI=1S/C23H23FN4O4S3/c24-18-5-1-2-7-21(18)35(31,32)28-11-4-10-27(12-13-28)16-23-25-19-9-8-17(20-6-3-14-33-20)15-22(19)34(29,30)26-23/h1-3,5-9,14-15H,4,10-13,16H2,(H,25,26). The van der Waals surface area contributed by atoms with E-state index in [4.69, 9.17) is 0 Å². The second-order valence-corrected chi connectivity index (χ2v) is 12.7. The summed E-state index contributed by atoms with van der Waals surface area (Å²) in [6.07, 6.45) is 0.522. The lowest BCUT2D eigenvalue weighted by Gasteiger charge is -2.25. The number of rotatable bonds is 5. The molecule has 1 saturated heterocycles. The Hall–Kier alpha value is -2.64. The van der Waals surface area contributed by atoms with Crippen molar-refractivity contribution in [2.45, 2.75) is 16.2 Å². The third-order valence-electron chi connectivity index (χ3n) is 5.95. The Morgan fingerprint density at radius 2 is 1.86 bits per heavy atom. The Balaban J connectivity index is 1.30. The lowest BCUT2D eigenvalue weighted by atomic mass is 10.1. The van der Waals surface area contributed by atoms with Crippen molar-refractivity contribution in [3.63, 3.8) is 0 Å². The fourth-order valence-corrected chi connectivity index (χ4v) is 7.65. The van der Waals surface area contributed by atoms with E-state index >= 15 is 0 Å². The molecule has 1 N–H and O–H groups in total. The Bertz CT molecular complexity index is 1490. The quantitative estimate of drug-likeness (QED) is 0.538. The van der Waals surface area contributed by atoms with Gasteiger partial charge in [0.1, 0.15) is 21.4 Å². The molecule has 0 amide bonds. The van der Waals surface area contributed by atoms with Gasteiger partial charge >= 0.3 is 0 Å². The predicted molar refractivity (Wildman–Crippen MR) is 134 cm³/mol. The SMILES string of the molecule is O=S1(=O)N=C(CN2CCCN(S(=O)(=O)c3ccccc3F)CC2)Nc2ccc(-c3cccs3)cc21. The minimum Gasteiger partial charge on any atom is -0.341 e. The molecular weight excluding hydrogens is 511 g/mol. The van der Waals surface area contributed by atoms with Crippen LogP contribution in [0.3, 0.4) is 0 Å². The largest absolute Gasteiger partial charge is 0.341 e. The Kier molecular flexibility index (Phi) is 6.49. The molecule has 3 aromatic rings. The molecule has 1 aromatic heterocycles. The maximum atomic E-state index is 14.1. The zero-order valence-electron chi connectivity index (χ0n) is 18.6. The van der Waals surface area contributed by atoms with Crippen molar-refractivity contribution in [2.75, 3.05) is 38.0 Å². The van der Waals surface area contributed by atoms with Gasteiger partial charge in [0.25, 0.3) is 10.0 Å². The van der Waals surface area contributed by atoms with Gasteiger partial charge in [-0.1, -0.05) is 24.3 Å². The van der Waals surface area contributed by atoms with Crippen LogP contribution in [0.2, 0.25) is 0 Å². The summed E-state index contributed by atoms with van der Waals surface area (Å²) < 4.78 is 71.1. The van der Waals surface area contributed by atoms with Crippen LogP contribution in [0.4, 0.5) is 10.1 Å². The molecule has 3 heterocycles. The second-order valence-electron chi connectivity index (χ2n) is 8.29. The molecule has 35 heavy (non-hydrogen) atoms. The Labute approximate surface area is 207 Å². The molecule has 8 nitrogen and oxygen atoms in total. The van der Waals surface area contributed by atoms with Crippen LogP contribution in [-0.4, -0.2) is 64.6 Å². The first-order valence-electron chi connectivity index (χ1n) is 11.0. The zero-order valence-corrected chi connectivity index (χ0v) is 21.0. The van der Waals surface area contributed by atoms with Gasteiger partial charge in [-0.05, 0) is 54.2 Å². The highest BCUT2D eigenvalue weighted by atomic mass is 32.2. The van der Waals surface area contributed by atoms with Crippen molar-refractivity contribution in [2.24, 2.45) is 4.40 Å². The van der Waals surface area contributed by atoms with Crippen molar-refractivity contribution < 1.29 is 21.2 Å². The molecule has 2 aromatic carbocycles. The van der Waals surface area contributed by atoms with Gasteiger partial charge < -0.3 is 5.32 Å². The summed E-state index contributed by atoms with van der Waals surface area (Å²) in [5.74, 6) is -0.493. The first-order chi connectivity index (χ1) is 16.7. The van der Waals surface area contributed by atoms with Crippen molar-refractivity contribution in [1.82, 2.24) is 9.21 Å². The summed E-state index contributed by atoms with van der Waals surface area (Å²) in [7, 11) is -7.85. The third-order valence-corrected chi connectivity index (χ3v) is 10.2. The van der Waals surface area contributed by atoms with Gasteiger partial charge in [0.15, 0.2) is 0 Å². The third kappa shape index (κ3) is 4.89. The molecule has 0 unspecified atom stereocenters. The lowest BCUT2D eigenvalue weighted by molar-refractivity contribution is 0.324. The molecule has 2 aliphatic heterocycles. The Morgan fingerprint density at radius 1 is 1.03 bits per heavy atom. The number of nitrogens with zero attached hydrogens (tertiary/aromatic N) is 3. The molecule has 1 fully saturated rings. The number of sulfonamides is 2. The number of halogens is 1. The van der Waals surface area contributed by atoms with E-state index in [2.05, 4.69) is 9.71 Å². The van der Waals surface area contributed by atoms with Gasteiger partial charge in [0.05, 0.1) is 12.2 Å². The maximum Gasteiger partial charge on any atom is 0.286 e. The molecule has 0 aliphatic carbocycles. The number of thiophene rings is 1. The normalized spacial score (nSPS) is 18.8. The van der Waals surface area contributed by atoms with E-state index in [1.54, 1.807) is 12.1 Å². The fourth-order valence-electron chi connectivity index (χ4n) is 4.23. The van der Waals surface area contributed by atoms with E-state index in [9.17, 15) is 21.2 Å². The number of anilines is 1. The smallest absolute Gasteiger partial charge is 0.286 e. The zero-order chi connectivity index (χ0) is 24.6. The number of amidine groups is 1. The van der Waals surface area contributed by atoms with Crippen LogP contribution in [0.25, 0.3) is 10.4 Å². The Morgan fingerprint density at radius 3 is 2.63 bits per heavy atom. The van der Waals surface area contributed by atoms with Crippen LogP contribution in [0.5, 0.6) is 0 Å². The number of nitrogens with one attached hydrogen (secondary N) is 1. The number of fused-ring (bicyclic) bond motifs is 1. The first-order valence-corrected chi connectivity index (χ1v) is 14.8. The van der Waals surface area contributed by atoms with E-state index < -0.39 is 25.9 Å². The van der Waals surface area contributed by atoms with Gasteiger partial charge in [-0.2, -0.15) is 12.7 Å². The highest BCUT2D eigenvalue weighted by Gasteiger charge is 2.31. The molecule has 0 spiro atoms. The molecule has 184 valence electrons. The van der Waals surface area contributed by atoms with Gasteiger partial charge in [0.2, 0.25) is 10.0 Å². The molecule has 0 bridgehead atoms. The fraction of sp³-hybridized carbons (Fsp3) is 0.261. The van der Waals surface area contributed by atoms with E-state index in [1.165, 1.54) is 33.8 Å². The van der Waals surface area contributed by atoms with Crippen molar-refractivity contribution >= 4 is 42.9 Å². The number of benzene rings is 2.